The van der Waals surface area contributed by atoms with Crippen molar-refractivity contribution >= 4 is 27.3 Å². The van der Waals surface area contributed by atoms with Gasteiger partial charge in [-0.1, -0.05) is 18.2 Å². The van der Waals surface area contributed by atoms with Gasteiger partial charge < -0.3 is 0 Å². The zero-order chi connectivity index (χ0) is 8.39. The minimum Gasteiger partial charge on any atom is -0.245 e. The van der Waals surface area contributed by atoms with Crippen LogP contribution in [0.3, 0.4) is 0 Å². The van der Waals surface area contributed by atoms with Crippen molar-refractivity contribution in [2.45, 2.75) is 0 Å². The Kier molecular flexibility index (Phi) is 2.23. The zero-order valence-electron chi connectivity index (χ0n) is 6.12. The lowest BCUT2D eigenvalue weighted by Gasteiger charge is -1.97. The average molecular weight is 239 g/mol. The second-order valence-corrected chi connectivity index (χ2v) is 3.92. The van der Waals surface area contributed by atoms with Gasteiger partial charge in [0.1, 0.15) is 5.01 Å². The first-order valence-electron chi connectivity index (χ1n) is 3.44. The first kappa shape index (κ1) is 7.95. The van der Waals surface area contributed by atoms with Gasteiger partial charge in [0.05, 0.1) is 0 Å². The number of benzene rings is 1. The van der Waals surface area contributed by atoms with Crippen LogP contribution in [0, 0.1) is 6.07 Å². The molecule has 0 N–H and O–H groups in total. The van der Waals surface area contributed by atoms with Gasteiger partial charge in [-0.05, 0) is 22.0 Å². The minimum absolute atomic E-state index is 0.972. The van der Waals surface area contributed by atoms with Gasteiger partial charge in [0.2, 0.25) is 0 Å². The van der Waals surface area contributed by atoms with E-state index in [1.54, 1.807) is 17.5 Å². The summed E-state index contributed by atoms with van der Waals surface area (Å²) in [7, 11) is 0. The molecule has 0 aliphatic rings. The lowest BCUT2D eigenvalue weighted by molar-refractivity contribution is 1.41. The molecule has 1 aromatic heterocycles. The van der Waals surface area contributed by atoms with Crippen LogP contribution < -0.4 is 0 Å². The van der Waals surface area contributed by atoms with Crippen molar-refractivity contribution in [3.05, 3.63) is 40.3 Å². The molecular weight excluding hydrogens is 234 g/mol. The summed E-state index contributed by atoms with van der Waals surface area (Å²) < 4.78 is 0.972. The quantitative estimate of drug-likeness (QED) is 0.743. The molecule has 0 aliphatic carbocycles. The Bertz CT molecular complexity index is 370. The molecule has 0 saturated carbocycles. The molecule has 12 heavy (non-hydrogen) atoms. The standard InChI is InChI=1S/C9H5BrNS/c10-8-4-2-1-3-7(8)9-11-5-6-12-9/h1-3,5-6H. The second-order valence-electron chi connectivity index (χ2n) is 2.24. The molecule has 0 atom stereocenters. The van der Waals surface area contributed by atoms with E-state index in [-0.39, 0.29) is 0 Å². The summed E-state index contributed by atoms with van der Waals surface area (Å²) in [4.78, 5) is 4.22. The van der Waals surface area contributed by atoms with Crippen molar-refractivity contribution in [1.29, 1.82) is 0 Å². The molecule has 0 unspecified atom stereocenters. The fourth-order valence-electron chi connectivity index (χ4n) is 0.938. The topological polar surface area (TPSA) is 12.9 Å². The van der Waals surface area contributed by atoms with Crippen LogP contribution in [0.2, 0.25) is 0 Å². The van der Waals surface area contributed by atoms with Crippen molar-refractivity contribution in [3.8, 4) is 10.6 Å². The van der Waals surface area contributed by atoms with Gasteiger partial charge in [-0.25, -0.2) is 4.98 Å². The van der Waals surface area contributed by atoms with Crippen LogP contribution in [0.15, 0.2) is 34.2 Å². The zero-order valence-corrected chi connectivity index (χ0v) is 8.52. The first-order valence-corrected chi connectivity index (χ1v) is 5.11. The smallest absolute Gasteiger partial charge is 0.124 e. The average Bonchev–Trinajstić information content (AvgIpc) is 2.57. The maximum absolute atomic E-state index is 4.22. The maximum Gasteiger partial charge on any atom is 0.124 e. The highest BCUT2D eigenvalue weighted by molar-refractivity contribution is 9.10. The van der Waals surface area contributed by atoms with E-state index in [9.17, 15) is 0 Å². The molecule has 1 aromatic carbocycles. The van der Waals surface area contributed by atoms with E-state index in [1.165, 1.54) is 0 Å². The van der Waals surface area contributed by atoms with E-state index >= 15 is 0 Å². The van der Waals surface area contributed by atoms with Crippen LogP contribution in [0.5, 0.6) is 0 Å². The third-order valence-electron chi connectivity index (χ3n) is 1.47. The second kappa shape index (κ2) is 3.37. The highest BCUT2D eigenvalue weighted by Crippen LogP contribution is 2.28. The summed E-state index contributed by atoms with van der Waals surface area (Å²) in [5.74, 6) is 0. The van der Waals surface area contributed by atoms with Crippen LogP contribution in [-0.4, -0.2) is 4.98 Å². The fourth-order valence-corrected chi connectivity index (χ4v) is 2.19. The number of rotatable bonds is 1. The van der Waals surface area contributed by atoms with Crippen molar-refractivity contribution in [1.82, 2.24) is 4.98 Å². The molecule has 59 valence electrons. The minimum atomic E-state index is 0.972. The molecule has 0 fully saturated rings. The van der Waals surface area contributed by atoms with Gasteiger partial charge in [-0.2, -0.15) is 0 Å². The number of aromatic nitrogens is 1. The third-order valence-corrected chi connectivity index (χ3v) is 2.93. The number of hydrogen-bond donors (Lipinski definition) is 0. The number of halogens is 1. The van der Waals surface area contributed by atoms with Crippen LogP contribution in [0.4, 0.5) is 0 Å². The highest BCUT2D eigenvalue weighted by Gasteiger charge is 2.02. The van der Waals surface area contributed by atoms with Crippen LogP contribution >= 0.6 is 27.3 Å². The molecule has 0 bridgehead atoms. The molecule has 2 rings (SSSR count). The van der Waals surface area contributed by atoms with E-state index in [0.29, 0.717) is 0 Å². The predicted molar refractivity (Wildman–Crippen MR) is 54.1 cm³/mol. The van der Waals surface area contributed by atoms with Crippen molar-refractivity contribution in [2.24, 2.45) is 0 Å². The van der Waals surface area contributed by atoms with E-state index in [2.05, 4.69) is 27.0 Å². The molecule has 1 radical (unpaired) electrons. The molecule has 0 aliphatic heterocycles. The molecule has 2 aromatic rings. The lowest BCUT2D eigenvalue weighted by atomic mass is 10.2. The Balaban J connectivity index is 2.55. The number of hydrogen-bond acceptors (Lipinski definition) is 2. The summed E-state index contributed by atoms with van der Waals surface area (Å²) in [5.41, 5.74) is 1.10. The third kappa shape index (κ3) is 1.42. The Morgan fingerprint density at radius 1 is 1.50 bits per heavy atom. The summed E-state index contributed by atoms with van der Waals surface area (Å²) in [6.45, 7) is 0. The maximum atomic E-state index is 4.22. The monoisotopic (exact) mass is 238 g/mol. The van der Waals surface area contributed by atoms with E-state index in [0.717, 1.165) is 15.0 Å². The summed E-state index contributed by atoms with van der Waals surface area (Å²) >= 11 is 5.06. The van der Waals surface area contributed by atoms with E-state index < -0.39 is 0 Å². The van der Waals surface area contributed by atoms with Crippen molar-refractivity contribution < 1.29 is 0 Å². The van der Waals surface area contributed by atoms with Gasteiger partial charge in [0.15, 0.2) is 0 Å². The Labute approximate surface area is 83.2 Å². The lowest BCUT2D eigenvalue weighted by Crippen LogP contribution is -1.76. The molecule has 0 spiro atoms. The molecule has 0 saturated heterocycles. The SMILES string of the molecule is Brc1[c]cccc1-c1nccs1. The Morgan fingerprint density at radius 3 is 3.08 bits per heavy atom. The fraction of sp³-hybridized carbons (Fsp3) is 0. The van der Waals surface area contributed by atoms with Gasteiger partial charge >= 0.3 is 0 Å². The largest absolute Gasteiger partial charge is 0.245 e. The predicted octanol–water partition coefficient (Wildman–Crippen LogP) is 3.37. The summed E-state index contributed by atoms with van der Waals surface area (Å²) in [5, 5.41) is 2.99. The normalized spacial score (nSPS) is 10.1. The molecule has 3 heteroatoms. The van der Waals surface area contributed by atoms with E-state index in [4.69, 9.17) is 0 Å². The molecular formula is C9H5BrNS. The summed E-state index contributed by atoms with van der Waals surface area (Å²) in [6, 6.07) is 8.93. The molecule has 1 heterocycles. The van der Waals surface area contributed by atoms with Gasteiger partial charge in [-0.15, -0.1) is 11.3 Å². The van der Waals surface area contributed by atoms with Crippen molar-refractivity contribution in [3.63, 3.8) is 0 Å². The van der Waals surface area contributed by atoms with Crippen LogP contribution in [-0.2, 0) is 0 Å². The highest BCUT2D eigenvalue weighted by atomic mass is 79.9. The van der Waals surface area contributed by atoms with Crippen LogP contribution in [0.25, 0.3) is 10.6 Å². The number of thiazole rings is 1. The van der Waals surface area contributed by atoms with E-state index in [1.807, 2.05) is 23.6 Å². The van der Waals surface area contributed by atoms with Gasteiger partial charge in [-0.3, -0.25) is 0 Å². The van der Waals surface area contributed by atoms with Gasteiger partial charge in [0, 0.05) is 21.6 Å². The molecule has 1 nitrogen and oxygen atoms in total. The van der Waals surface area contributed by atoms with Gasteiger partial charge in [0.25, 0.3) is 0 Å². The first-order chi connectivity index (χ1) is 5.88. The Morgan fingerprint density at radius 2 is 2.42 bits per heavy atom. The summed E-state index contributed by atoms with van der Waals surface area (Å²) in [6.07, 6.45) is 1.80. The number of nitrogens with zero attached hydrogens (tertiary/aromatic N) is 1. The molecule has 0 amide bonds. The Hall–Kier alpha value is -0.670. The van der Waals surface area contributed by atoms with Crippen molar-refractivity contribution in [2.75, 3.05) is 0 Å². The van der Waals surface area contributed by atoms with Crippen LogP contribution in [0.1, 0.15) is 0 Å².